The van der Waals surface area contributed by atoms with E-state index in [1.54, 1.807) is 12.1 Å². The summed E-state index contributed by atoms with van der Waals surface area (Å²) in [5.41, 5.74) is 0.599. The zero-order chi connectivity index (χ0) is 11.9. The predicted octanol–water partition coefficient (Wildman–Crippen LogP) is 1.04. The third kappa shape index (κ3) is 1.40. The molecule has 0 amide bonds. The van der Waals surface area contributed by atoms with Crippen LogP contribution in [0, 0.1) is 0 Å². The minimum Gasteiger partial charge on any atom is -0.497 e. The highest BCUT2D eigenvalue weighted by Crippen LogP contribution is 2.41. The Morgan fingerprint density at radius 1 is 1.31 bits per heavy atom. The number of methoxy groups -OCH3 is 2. The quantitative estimate of drug-likeness (QED) is 0.760. The van der Waals surface area contributed by atoms with Crippen LogP contribution in [-0.2, 0) is 10.5 Å². The molecule has 1 N–H and O–H groups in total. The highest BCUT2D eigenvalue weighted by Gasteiger charge is 2.42. The molecule has 1 aliphatic heterocycles. The molecule has 0 aliphatic carbocycles. The van der Waals surface area contributed by atoms with Gasteiger partial charge in [-0.2, -0.15) is 0 Å². The number of rotatable bonds is 2. The van der Waals surface area contributed by atoms with E-state index in [0.29, 0.717) is 17.1 Å². The molecule has 0 aromatic heterocycles. The van der Waals surface area contributed by atoms with E-state index in [1.807, 2.05) is 0 Å². The van der Waals surface area contributed by atoms with Crippen molar-refractivity contribution in [2.24, 2.45) is 0 Å². The summed E-state index contributed by atoms with van der Waals surface area (Å²) in [6.07, 6.45) is 0. The third-order valence-electron chi connectivity index (χ3n) is 2.53. The molecule has 1 heterocycles. The van der Waals surface area contributed by atoms with Gasteiger partial charge < -0.3 is 19.3 Å². The Kier molecular flexibility index (Phi) is 2.27. The monoisotopic (exact) mass is 224 g/mol. The van der Waals surface area contributed by atoms with Gasteiger partial charge in [-0.15, -0.1) is 0 Å². The van der Waals surface area contributed by atoms with Crippen LogP contribution >= 0.6 is 0 Å². The van der Waals surface area contributed by atoms with Crippen molar-refractivity contribution in [3.63, 3.8) is 0 Å². The lowest BCUT2D eigenvalue weighted by molar-refractivity contribution is -0.147. The predicted molar refractivity (Wildman–Crippen MR) is 54.5 cm³/mol. The Labute approximate surface area is 92.5 Å². The van der Waals surface area contributed by atoms with E-state index in [4.69, 9.17) is 14.2 Å². The van der Waals surface area contributed by atoms with Crippen LogP contribution in [0.3, 0.4) is 0 Å². The lowest BCUT2D eigenvalue weighted by Crippen LogP contribution is -2.20. The van der Waals surface area contributed by atoms with Crippen molar-refractivity contribution in [3.05, 3.63) is 23.3 Å². The van der Waals surface area contributed by atoms with Crippen LogP contribution < -0.4 is 9.47 Å². The van der Waals surface area contributed by atoms with Crippen LogP contribution in [0.15, 0.2) is 12.1 Å². The number of hydrogen-bond acceptors (Lipinski definition) is 5. The smallest absolute Gasteiger partial charge is 0.345 e. The summed E-state index contributed by atoms with van der Waals surface area (Å²) in [6.45, 7) is 1.40. The molecule has 0 spiro atoms. The van der Waals surface area contributed by atoms with Gasteiger partial charge in [-0.3, -0.25) is 0 Å². The SMILES string of the molecule is COc1cc(OC)c2c(c1)C(C)(O)OC2=O. The van der Waals surface area contributed by atoms with Gasteiger partial charge in [0.1, 0.15) is 17.1 Å². The summed E-state index contributed by atoms with van der Waals surface area (Å²) < 4.78 is 15.0. The zero-order valence-electron chi connectivity index (χ0n) is 9.23. The summed E-state index contributed by atoms with van der Waals surface area (Å²) >= 11 is 0. The molecule has 0 saturated heterocycles. The van der Waals surface area contributed by atoms with Gasteiger partial charge >= 0.3 is 5.97 Å². The molecule has 2 rings (SSSR count). The number of cyclic esters (lactones) is 1. The van der Waals surface area contributed by atoms with E-state index in [-0.39, 0.29) is 5.56 Å². The number of ether oxygens (including phenoxy) is 3. The first-order valence-corrected chi connectivity index (χ1v) is 4.72. The molecule has 1 aromatic carbocycles. The van der Waals surface area contributed by atoms with E-state index in [1.165, 1.54) is 21.1 Å². The highest BCUT2D eigenvalue weighted by molar-refractivity contribution is 5.97. The number of hydrogen-bond donors (Lipinski definition) is 1. The van der Waals surface area contributed by atoms with Gasteiger partial charge in [0.25, 0.3) is 0 Å². The van der Waals surface area contributed by atoms with Gasteiger partial charge in [-0.25, -0.2) is 4.79 Å². The topological polar surface area (TPSA) is 65.0 Å². The van der Waals surface area contributed by atoms with Crippen LogP contribution in [0.1, 0.15) is 22.8 Å². The lowest BCUT2D eigenvalue weighted by atomic mass is 10.0. The zero-order valence-corrected chi connectivity index (χ0v) is 9.23. The van der Waals surface area contributed by atoms with Crippen molar-refractivity contribution >= 4 is 5.97 Å². The van der Waals surface area contributed by atoms with Gasteiger partial charge in [0.05, 0.1) is 14.2 Å². The molecule has 1 atom stereocenters. The van der Waals surface area contributed by atoms with E-state index in [0.717, 1.165) is 0 Å². The second-order valence-electron chi connectivity index (χ2n) is 3.62. The van der Waals surface area contributed by atoms with Gasteiger partial charge in [0.2, 0.25) is 5.79 Å². The average molecular weight is 224 g/mol. The van der Waals surface area contributed by atoms with Gasteiger partial charge in [-0.05, 0) is 6.07 Å². The van der Waals surface area contributed by atoms with Crippen molar-refractivity contribution in [3.8, 4) is 11.5 Å². The van der Waals surface area contributed by atoms with Crippen molar-refractivity contribution in [1.29, 1.82) is 0 Å². The van der Waals surface area contributed by atoms with Crippen LogP contribution in [0.25, 0.3) is 0 Å². The number of esters is 1. The molecular weight excluding hydrogens is 212 g/mol. The maximum absolute atomic E-state index is 11.6. The first-order valence-electron chi connectivity index (χ1n) is 4.72. The fourth-order valence-electron chi connectivity index (χ4n) is 1.73. The fraction of sp³-hybridized carbons (Fsp3) is 0.364. The summed E-state index contributed by atoms with van der Waals surface area (Å²) in [6, 6.07) is 3.13. The van der Waals surface area contributed by atoms with Gasteiger partial charge in [0, 0.05) is 18.6 Å². The molecule has 5 nitrogen and oxygen atoms in total. The van der Waals surface area contributed by atoms with Gasteiger partial charge in [0.15, 0.2) is 0 Å². The maximum atomic E-state index is 11.6. The first kappa shape index (κ1) is 10.8. The number of fused-ring (bicyclic) bond motifs is 1. The minimum absolute atomic E-state index is 0.244. The normalized spacial score (nSPS) is 22.6. The van der Waals surface area contributed by atoms with Gasteiger partial charge in [-0.1, -0.05) is 0 Å². The molecule has 1 aliphatic rings. The molecule has 0 radical (unpaired) electrons. The Balaban J connectivity index is 2.69. The molecular formula is C11H12O5. The number of benzene rings is 1. The number of aliphatic hydroxyl groups is 1. The standard InChI is InChI=1S/C11H12O5/c1-11(13)7-4-6(14-2)5-8(15-3)9(7)10(12)16-11/h4-5,13H,1-3H3. The molecule has 1 unspecified atom stereocenters. The lowest BCUT2D eigenvalue weighted by Gasteiger charge is -2.16. The summed E-state index contributed by atoms with van der Waals surface area (Å²) in [5.74, 6) is -1.40. The molecule has 0 bridgehead atoms. The molecule has 86 valence electrons. The minimum atomic E-state index is -1.63. The van der Waals surface area contributed by atoms with E-state index < -0.39 is 11.8 Å². The average Bonchev–Trinajstić information content (AvgIpc) is 2.48. The van der Waals surface area contributed by atoms with Crippen LogP contribution in [0.5, 0.6) is 11.5 Å². The molecule has 0 saturated carbocycles. The number of carbonyl (C=O) groups excluding carboxylic acids is 1. The Morgan fingerprint density at radius 2 is 2.00 bits per heavy atom. The Morgan fingerprint density at radius 3 is 2.56 bits per heavy atom. The van der Waals surface area contributed by atoms with E-state index in [9.17, 15) is 9.90 Å². The summed E-state index contributed by atoms with van der Waals surface area (Å²) in [5, 5.41) is 9.90. The summed E-state index contributed by atoms with van der Waals surface area (Å²) in [4.78, 5) is 11.6. The van der Waals surface area contributed by atoms with E-state index in [2.05, 4.69) is 0 Å². The number of carbonyl (C=O) groups is 1. The second kappa shape index (κ2) is 3.38. The molecule has 5 heteroatoms. The molecule has 0 fully saturated rings. The van der Waals surface area contributed by atoms with Crippen molar-refractivity contribution in [2.45, 2.75) is 12.7 Å². The molecule has 1 aromatic rings. The van der Waals surface area contributed by atoms with Crippen LogP contribution in [-0.4, -0.2) is 25.3 Å². The highest BCUT2D eigenvalue weighted by atomic mass is 16.7. The Hall–Kier alpha value is -1.75. The van der Waals surface area contributed by atoms with Crippen LogP contribution in [0.2, 0.25) is 0 Å². The summed E-state index contributed by atoms with van der Waals surface area (Å²) in [7, 11) is 2.93. The Bertz CT molecular complexity index is 450. The first-order chi connectivity index (χ1) is 7.49. The largest absolute Gasteiger partial charge is 0.497 e. The van der Waals surface area contributed by atoms with Crippen molar-refractivity contribution in [2.75, 3.05) is 14.2 Å². The second-order valence-corrected chi connectivity index (χ2v) is 3.62. The van der Waals surface area contributed by atoms with Crippen LogP contribution in [0.4, 0.5) is 0 Å². The van der Waals surface area contributed by atoms with Crippen molar-refractivity contribution in [1.82, 2.24) is 0 Å². The molecule has 16 heavy (non-hydrogen) atoms. The fourth-order valence-corrected chi connectivity index (χ4v) is 1.73. The third-order valence-corrected chi connectivity index (χ3v) is 2.53. The maximum Gasteiger partial charge on any atom is 0.345 e. The van der Waals surface area contributed by atoms with Crippen molar-refractivity contribution < 1.29 is 24.1 Å². The van der Waals surface area contributed by atoms with E-state index >= 15 is 0 Å².